The lowest BCUT2D eigenvalue weighted by Gasteiger charge is -2.14. The lowest BCUT2D eigenvalue weighted by Crippen LogP contribution is -2.40. The Morgan fingerprint density at radius 3 is 2.96 bits per heavy atom. The number of guanidine groups is 1. The van der Waals surface area contributed by atoms with Crippen LogP contribution in [-0.2, 0) is 4.79 Å². The number of carbonyl (C=O) groups excluding carboxylic acids is 1. The Bertz CT molecular complexity index is 588. The van der Waals surface area contributed by atoms with Gasteiger partial charge in [-0.3, -0.25) is 4.79 Å². The molecular formula is C17H25BrN4OS. The first-order chi connectivity index (χ1) is 11.6. The van der Waals surface area contributed by atoms with Crippen molar-refractivity contribution in [2.24, 2.45) is 4.99 Å². The molecule has 1 aromatic carbocycles. The number of aryl methyl sites for hydroxylation is 1. The average Bonchev–Trinajstić information content (AvgIpc) is 3.07. The van der Waals surface area contributed by atoms with Gasteiger partial charge in [-0.25, -0.2) is 4.99 Å². The third-order valence-electron chi connectivity index (χ3n) is 3.72. The van der Waals surface area contributed by atoms with Crippen LogP contribution in [0.15, 0.2) is 27.7 Å². The van der Waals surface area contributed by atoms with E-state index in [-0.39, 0.29) is 12.5 Å². The molecule has 132 valence electrons. The fourth-order valence-corrected chi connectivity index (χ4v) is 3.99. The van der Waals surface area contributed by atoms with E-state index in [9.17, 15) is 4.79 Å². The third-order valence-corrected chi connectivity index (χ3v) is 5.61. The van der Waals surface area contributed by atoms with Gasteiger partial charge in [-0.2, -0.15) is 11.8 Å². The van der Waals surface area contributed by atoms with Crippen molar-refractivity contribution >= 4 is 45.2 Å². The first-order valence-electron chi connectivity index (χ1n) is 8.28. The van der Waals surface area contributed by atoms with Gasteiger partial charge in [0.1, 0.15) is 6.54 Å². The summed E-state index contributed by atoms with van der Waals surface area (Å²) in [6, 6.07) is 5.82. The van der Waals surface area contributed by atoms with E-state index in [1.165, 1.54) is 18.6 Å². The molecule has 1 aliphatic heterocycles. The second-order valence-electron chi connectivity index (χ2n) is 5.72. The number of nitrogens with zero attached hydrogens (tertiary/aromatic N) is 1. The number of rotatable bonds is 6. The summed E-state index contributed by atoms with van der Waals surface area (Å²) in [6.45, 7) is 5.75. The first kappa shape index (κ1) is 19.1. The van der Waals surface area contributed by atoms with E-state index in [2.05, 4.69) is 36.9 Å². The lowest BCUT2D eigenvalue weighted by atomic mass is 10.2. The number of benzene rings is 1. The van der Waals surface area contributed by atoms with Gasteiger partial charge < -0.3 is 16.0 Å². The fraction of sp³-hybridized carbons (Fsp3) is 0.529. The maximum Gasteiger partial charge on any atom is 0.246 e. The molecule has 1 aliphatic rings. The Morgan fingerprint density at radius 2 is 2.25 bits per heavy atom. The van der Waals surface area contributed by atoms with E-state index in [0.29, 0.717) is 11.2 Å². The number of hydrogen-bond acceptors (Lipinski definition) is 3. The van der Waals surface area contributed by atoms with Crippen LogP contribution in [0.5, 0.6) is 0 Å². The Balaban J connectivity index is 1.86. The van der Waals surface area contributed by atoms with Crippen LogP contribution >= 0.6 is 27.7 Å². The monoisotopic (exact) mass is 412 g/mol. The minimum absolute atomic E-state index is 0.0963. The van der Waals surface area contributed by atoms with Gasteiger partial charge >= 0.3 is 0 Å². The van der Waals surface area contributed by atoms with Gasteiger partial charge in [-0.05, 0) is 50.1 Å². The van der Waals surface area contributed by atoms with Crippen molar-refractivity contribution in [3.63, 3.8) is 0 Å². The zero-order valence-electron chi connectivity index (χ0n) is 14.2. The molecule has 1 amide bonds. The van der Waals surface area contributed by atoms with E-state index in [4.69, 9.17) is 0 Å². The highest BCUT2D eigenvalue weighted by atomic mass is 79.9. The zero-order chi connectivity index (χ0) is 17.4. The molecule has 0 aromatic heterocycles. The smallest absolute Gasteiger partial charge is 0.246 e. The van der Waals surface area contributed by atoms with Crippen molar-refractivity contribution in [3.05, 3.63) is 28.2 Å². The average molecular weight is 413 g/mol. The molecule has 3 N–H and O–H groups in total. The number of nitrogens with one attached hydrogen (secondary N) is 3. The van der Waals surface area contributed by atoms with Gasteiger partial charge in [0.15, 0.2) is 5.96 Å². The van der Waals surface area contributed by atoms with Crippen LogP contribution in [0, 0.1) is 6.92 Å². The standard InChI is InChI=1S/C17H25BrN4OS/c1-3-19-17(20-10-14-5-4-8-24-14)21-11-16(23)22-15-9-13(18)7-6-12(15)2/h6-7,9,14H,3-5,8,10-11H2,1-2H3,(H,22,23)(H2,19,20,21). The summed E-state index contributed by atoms with van der Waals surface area (Å²) in [4.78, 5) is 16.5. The third kappa shape index (κ3) is 6.36. The van der Waals surface area contributed by atoms with Gasteiger partial charge in [-0.1, -0.05) is 22.0 Å². The molecule has 0 spiro atoms. The van der Waals surface area contributed by atoms with E-state index in [1.807, 2.05) is 43.8 Å². The molecule has 0 saturated carbocycles. The van der Waals surface area contributed by atoms with Crippen molar-refractivity contribution in [1.82, 2.24) is 10.6 Å². The summed E-state index contributed by atoms with van der Waals surface area (Å²) in [6.07, 6.45) is 2.54. The number of carbonyl (C=O) groups is 1. The van der Waals surface area contributed by atoms with Crippen molar-refractivity contribution < 1.29 is 4.79 Å². The predicted molar refractivity (Wildman–Crippen MR) is 107 cm³/mol. The minimum Gasteiger partial charge on any atom is -0.357 e. The Kier molecular flexibility index (Phi) is 7.91. The Morgan fingerprint density at radius 1 is 1.42 bits per heavy atom. The highest BCUT2D eigenvalue weighted by Crippen LogP contribution is 2.25. The molecule has 1 saturated heterocycles. The number of thioether (sulfide) groups is 1. The lowest BCUT2D eigenvalue weighted by molar-refractivity contribution is -0.114. The molecular weight excluding hydrogens is 388 g/mol. The summed E-state index contributed by atoms with van der Waals surface area (Å²) in [5.74, 6) is 1.82. The van der Waals surface area contributed by atoms with Gasteiger partial charge in [0, 0.05) is 28.5 Å². The second-order valence-corrected chi connectivity index (χ2v) is 8.04. The summed E-state index contributed by atoms with van der Waals surface area (Å²) < 4.78 is 0.941. The van der Waals surface area contributed by atoms with Crippen LogP contribution in [0.25, 0.3) is 0 Å². The van der Waals surface area contributed by atoms with Crippen LogP contribution in [-0.4, -0.2) is 42.5 Å². The largest absolute Gasteiger partial charge is 0.357 e. The second kappa shape index (κ2) is 9.93. The number of anilines is 1. The summed E-state index contributed by atoms with van der Waals surface area (Å²) in [5.41, 5.74) is 1.84. The Hall–Kier alpha value is -1.21. The highest BCUT2D eigenvalue weighted by molar-refractivity contribution is 9.10. The van der Waals surface area contributed by atoms with E-state index in [0.717, 1.165) is 28.8 Å². The summed E-state index contributed by atoms with van der Waals surface area (Å²) >= 11 is 5.42. The molecule has 1 aromatic rings. The van der Waals surface area contributed by atoms with Crippen molar-refractivity contribution in [1.29, 1.82) is 0 Å². The van der Waals surface area contributed by atoms with Gasteiger partial charge in [0.2, 0.25) is 5.91 Å². The van der Waals surface area contributed by atoms with E-state index < -0.39 is 0 Å². The molecule has 1 atom stereocenters. The van der Waals surface area contributed by atoms with Crippen molar-refractivity contribution in [3.8, 4) is 0 Å². The maximum atomic E-state index is 12.2. The van der Waals surface area contributed by atoms with Crippen molar-refractivity contribution in [2.45, 2.75) is 31.9 Å². The SMILES string of the molecule is CCNC(=NCC(=O)Nc1cc(Br)ccc1C)NCC1CCCS1. The molecule has 2 rings (SSSR count). The van der Waals surface area contributed by atoms with Crippen LogP contribution in [0.1, 0.15) is 25.3 Å². The highest BCUT2D eigenvalue weighted by Gasteiger charge is 2.15. The van der Waals surface area contributed by atoms with E-state index >= 15 is 0 Å². The molecule has 0 radical (unpaired) electrons. The zero-order valence-corrected chi connectivity index (χ0v) is 16.6. The fourth-order valence-electron chi connectivity index (χ4n) is 2.43. The van der Waals surface area contributed by atoms with Crippen molar-refractivity contribution in [2.75, 3.05) is 30.7 Å². The molecule has 1 fully saturated rings. The van der Waals surface area contributed by atoms with Crippen LogP contribution in [0.3, 0.4) is 0 Å². The number of hydrogen-bond donors (Lipinski definition) is 3. The molecule has 0 bridgehead atoms. The molecule has 5 nitrogen and oxygen atoms in total. The molecule has 24 heavy (non-hydrogen) atoms. The number of amides is 1. The number of halogens is 1. The normalized spacial score (nSPS) is 17.6. The van der Waals surface area contributed by atoms with Gasteiger partial charge in [0.05, 0.1) is 0 Å². The predicted octanol–water partition coefficient (Wildman–Crippen LogP) is 3.15. The minimum atomic E-state index is -0.122. The van der Waals surface area contributed by atoms with Gasteiger partial charge in [0.25, 0.3) is 0 Å². The first-order valence-corrected chi connectivity index (χ1v) is 10.1. The quantitative estimate of drug-likeness (QED) is 0.495. The van der Waals surface area contributed by atoms with Crippen LogP contribution in [0.2, 0.25) is 0 Å². The molecule has 1 heterocycles. The van der Waals surface area contributed by atoms with Gasteiger partial charge in [-0.15, -0.1) is 0 Å². The number of aliphatic imine (C=N–C) groups is 1. The van der Waals surface area contributed by atoms with Crippen LogP contribution in [0.4, 0.5) is 5.69 Å². The molecule has 1 unspecified atom stereocenters. The maximum absolute atomic E-state index is 12.2. The van der Waals surface area contributed by atoms with E-state index in [1.54, 1.807) is 0 Å². The summed E-state index contributed by atoms with van der Waals surface area (Å²) in [7, 11) is 0. The summed E-state index contributed by atoms with van der Waals surface area (Å²) in [5, 5.41) is 10.1. The topological polar surface area (TPSA) is 65.5 Å². The molecule has 0 aliphatic carbocycles. The van der Waals surface area contributed by atoms with Crippen LogP contribution < -0.4 is 16.0 Å². The Labute approximate surface area is 156 Å². The molecule has 7 heteroatoms.